The number of esters is 1. The van der Waals surface area contributed by atoms with Crippen molar-refractivity contribution in [3.63, 3.8) is 0 Å². The second-order valence-corrected chi connectivity index (χ2v) is 4.83. The first-order chi connectivity index (χ1) is 10.7. The minimum Gasteiger partial charge on any atom is -0.486 e. The second-order valence-electron chi connectivity index (χ2n) is 4.83. The molecule has 2 aromatic rings. The quantitative estimate of drug-likeness (QED) is 0.581. The highest BCUT2D eigenvalue weighted by Gasteiger charge is 2.15. The van der Waals surface area contributed by atoms with Crippen molar-refractivity contribution in [3.05, 3.63) is 36.4 Å². The predicted molar refractivity (Wildman–Crippen MR) is 83.4 cm³/mol. The molecule has 5 heteroatoms. The van der Waals surface area contributed by atoms with E-state index in [-0.39, 0.29) is 12.1 Å². The van der Waals surface area contributed by atoms with Crippen LogP contribution in [0.5, 0.6) is 11.5 Å². The molecule has 0 aliphatic carbocycles. The van der Waals surface area contributed by atoms with E-state index in [1.165, 1.54) is 6.92 Å². The molecule has 0 aliphatic rings. The molecule has 0 saturated carbocycles. The third kappa shape index (κ3) is 3.96. The number of benzene rings is 2. The molecule has 118 valence electrons. The predicted octanol–water partition coefficient (Wildman–Crippen LogP) is 2.81. The van der Waals surface area contributed by atoms with Gasteiger partial charge in [0.1, 0.15) is 12.7 Å². The molecule has 0 aromatic heterocycles. The fourth-order valence-electron chi connectivity index (χ4n) is 2.15. The van der Waals surface area contributed by atoms with E-state index in [1.54, 1.807) is 20.3 Å². The molecule has 0 fully saturated rings. The van der Waals surface area contributed by atoms with Crippen LogP contribution in [0, 0.1) is 0 Å². The Hall–Kier alpha value is -2.11. The Labute approximate surface area is 129 Å². The highest BCUT2D eigenvalue weighted by molar-refractivity contribution is 5.91. The third-order valence-corrected chi connectivity index (χ3v) is 3.20. The number of carbonyl (C=O) groups is 1. The zero-order valence-electron chi connectivity index (χ0n) is 13.0. The lowest BCUT2D eigenvalue weighted by atomic mass is 10.1. The SMILES string of the molecule is COCC(COc1c(OC(C)=O)ccc2ccccc12)OC. The van der Waals surface area contributed by atoms with E-state index in [0.717, 1.165) is 10.8 Å². The molecule has 1 atom stereocenters. The highest BCUT2D eigenvalue weighted by Crippen LogP contribution is 2.36. The van der Waals surface area contributed by atoms with Crippen molar-refractivity contribution in [1.29, 1.82) is 0 Å². The summed E-state index contributed by atoms with van der Waals surface area (Å²) < 4.78 is 21.5. The molecule has 2 rings (SSSR count). The van der Waals surface area contributed by atoms with Gasteiger partial charge in [-0.15, -0.1) is 0 Å². The number of rotatable bonds is 7. The molecule has 0 N–H and O–H groups in total. The van der Waals surface area contributed by atoms with Crippen LogP contribution >= 0.6 is 0 Å². The molecule has 0 spiro atoms. The monoisotopic (exact) mass is 304 g/mol. The summed E-state index contributed by atoms with van der Waals surface area (Å²) in [6.07, 6.45) is -0.200. The Morgan fingerprint density at radius 1 is 1.09 bits per heavy atom. The molecule has 5 nitrogen and oxygen atoms in total. The summed E-state index contributed by atoms with van der Waals surface area (Å²) in [4.78, 5) is 11.3. The van der Waals surface area contributed by atoms with Gasteiger partial charge in [0, 0.05) is 26.5 Å². The number of fused-ring (bicyclic) bond motifs is 1. The minimum atomic E-state index is -0.389. The van der Waals surface area contributed by atoms with Crippen molar-refractivity contribution < 1.29 is 23.7 Å². The van der Waals surface area contributed by atoms with Gasteiger partial charge in [0.05, 0.1) is 6.61 Å². The Morgan fingerprint density at radius 3 is 2.55 bits per heavy atom. The van der Waals surface area contributed by atoms with E-state index >= 15 is 0 Å². The first kappa shape index (κ1) is 16.3. The van der Waals surface area contributed by atoms with E-state index in [2.05, 4.69) is 0 Å². The number of carbonyl (C=O) groups excluding carboxylic acids is 1. The normalized spacial score (nSPS) is 12.1. The minimum absolute atomic E-state index is 0.200. The highest BCUT2D eigenvalue weighted by atomic mass is 16.6. The summed E-state index contributed by atoms with van der Waals surface area (Å²) in [7, 11) is 3.21. The molecule has 0 saturated heterocycles. The topological polar surface area (TPSA) is 54.0 Å². The van der Waals surface area contributed by atoms with Gasteiger partial charge in [-0.1, -0.05) is 30.3 Å². The second kappa shape index (κ2) is 7.77. The fourth-order valence-corrected chi connectivity index (χ4v) is 2.15. The van der Waals surface area contributed by atoms with Gasteiger partial charge in [0.15, 0.2) is 11.5 Å². The van der Waals surface area contributed by atoms with E-state index in [4.69, 9.17) is 18.9 Å². The molecular weight excluding hydrogens is 284 g/mol. The largest absolute Gasteiger partial charge is 0.486 e. The molecule has 0 amide bonds. The molecular formula is C17H20O5. The zero-order valence-corrected chi connectivity index (χ0v) is 13.0. The van der Waals surface area contributed by atoms with Crippen LogP contribution in [0.1, 0.15) is 6.92 Å². The lowest BCUT2D eigenvalue weighted by molar-refractivity contribution is -0.132. The first-order valence-electron chi connectivity index (χ1n) is 7.00. The van der Waals surface area contributed by atoms with Crippen LogP contribution in [-0.4, -0.2) is 39.5 Å². The van der Waals surface area contributed by atoms with Gasteiger partial charge < -0.3 is 18.9 Å². The Bertz CT molecular complexity index is 638. The van der Waals surface area contributed by atoms with E-state index in [0.29, 0.717) is 24.7 Å². The van der Waals surface area contributed by atoms with Crippen LogP contribution in [0.4, 0.5) is 0 Å². The van der Waals surface area contributed by atoms with Gasteiger partial charge in [-0.25, -0.2) is 0 Å². The number of hydrogen-bond acceptors (Lipinski definition) is 5. The summed E-state index contributed by atoms with van der Waals surface area (Å²) in [6, 6.07) is 11.4. The molecule has 0 radical (unpaired) electrons. The van der Waals surface area contributed by atoms with Crippen molar-refractivity contribution in [1.82, 2.24) is 0 Å². The van der Waals surface area contributed by atoms with Crippen LogP contribution in [0.3, 0.4) is 0 Å². The van der Waals surface area contributed by atoms with E-state index in [9.17, 15) is 4.79 Å². The molecule has 0 bridgehead atoms. The molecule has 1 unspecified atom stereocenters. The van der Waals surface area contributed by atoms with Crippen LogP contribution < -0.4 is 9.47 Å². The van der Waals surface area contributed by atoms with Crippen LogP contribution in [0.25, 0.3) is 10.8 Å². The van der Waals surface area contributed by atoms with Crippen molar-refractivity contribution in [2.45, 2.75) is 13.0 Å². The summed E-state index contributed by atoms with van der Waals surface area (Å²) >= 11 is 0. The Balaban J connectivity index is 2.32. The maximum atomic E-state index is 11.3. The van der Waals surface area contributed by atoms with Gasteiger partial charge in [-0.3, -0.25) is 4.79 Å². The fraction of sp³-hybridized carbons (Fsp3) is 0.353. The number of methoxy groups -OCH3 is 2. The van der Waals surface area contributed by atoms with Crippen molar-refractivity contribution >= 4 is 16.7 Å². The molecule has 0 aliphatic heterocycles. The van der Waals surface area contributed by atoms with Crippen LogP contribution in [0.2, 0.25) is 0 Å². The van der Waals surface area contributed by atoms with E-state index < -0.39 is 0 Å². The number of hydrogen-bond donors (Lipinski definition) is 0. The number of ether oxygens (including phenoxy) is 4. The lowest BCUT2D eigenvalue weighted by Gasteiger charge is -2.18. The van der Waals surface area contributed by atoms with Crippen molar-refractivity contribution in [2.75, 3.05) is 27.4 Å². The average molecular weight is 304 g/mol. The van der Waals surface area contributed by atoms with Crippen molar-refractivity contribution in [2.24, 2.45) is 0 Å². The molecule has 2 aromatic carbocycles. The van der Waals surface area contributed by atoms with Crippen molar-refractivity contribution in [3.8, 4) is 11.5 Å². The van der Waals surface area contributed by atoms with Gasteiger partial charge in [0.25, 0.3) is 0 Å². The molecule has 22 heavy (non-hydrogen) atoms. The van der Waals surface area contributed by atoms with E-state index in [1.807, 2.05) is 30.3 Å². The van der Waals surface area contributed by atoms with Gasteiger partial charge in [0.2, 0.25) is 0 Å². The standard InChI is InChI=1S/C17H20O5/c1-12(18)22-16-9-8-13-6-4-5-7-15(13)17(16)21-11-14(20-3)10-19-2/h4-9,14H,10-11H2,1-3H3. The maximum Gasteiger partial charge on any atom is 0.308 e. The van der Waals surface area contributed by atoms with Crippen LogP contribution in [0.15, 0.2) is 36.4 Å². The average Bonchev–Trinajstić information content (AvgIpc) is 2.52. The Kier molecular flexibility index (Phi) is 5.75. The molecule has 0 heterocycles. The summed E-state index contributed by atoms with van der Waals surface area (Å²) in [5.74, 6) is 0.547. The van der Waals surface area contributed by atoms with Gasteiger partial charge >= 0.3 is 5.97 Å². The third-order valence-electron chi connectivity index (χ3n) is 3.20. The maximum absolute atomic E-state index is 11.3. The van der Waals surface area contributed by atoms with Gasteiger partial charge in [-0.05, 0) is 11.5 Å². The Morgan fingerprint density at radius 2 is 1.86 bits per heavy atom. The summed E-state index contributed by atoms with van der Waals surface area (Å²) in [6.45, 7) is 2.08. The zero-order chi connectivity index (χ0) is 15.9. The van der Waals surface area contributed by atoms with Crippen LogP contribution in [-0.2, 0) is 14.3 Å². The van der Waals surface area contributed by atoms with Gasteiger partial charge in [-0.2, -0.15) is 0 Å². The summed E-state index contributed by atoms with van der Waals surface area (Å²) in [5, 5.41) is 1.89. The lowest BCUT2D eigenvalue weighted by Crippen LogP contribution is -2.25. The summed E-state index contributed by atoms with van der Waals surface area (Å²) in [5.41, 5.74) is 0. The first-order valence-corrected chi connectivity index (χ1v) is 7.00. The smallest absolute Gasteiger partial charge is 0.308 e.